The van der Waals surface area contributed by atoms with Gasteiger partial charge in [0.25, 0.3) is 0 Å². The Morgan fingerprint density at radius 3 is 2.63 bits per heavy atom. The number of halogens is 1. The minimum absolute atomic E-state index is 0.0224. The third kappa shape index (κ3) is 2.47. The number of ether oxygens (including phenoxy) is 1. The molecule has 0 amide bonds. The van der Waals surface area contributed by atoms with Crippen molar-refractivity contribution in [2.45, 2.75) is 27.4 Å². The van der Waals surface area contributed by atoms with E-state index in [0.29, 0.717) is 26.5 Å². The summed E-state index contributed by atoms with van der Waals surface area (Å²) in [5.74, 6) is 0.589. The van der Waals surface area contributed by atoms with E-state index in [9.17, 15) is 9.18 Å². The van der Waals surface area contributed by atoms with Crippen molar-refractivity contribution < 1.29 is 13.9 Å². The molecule has 0 radical (unpaired) electrons. The number of Topliss-reactive ketones (excluding diaryl/α,β-unsaturated/α-hetero) is 1. The maximum absolute atomic E-state index is 12.8. The van der Waals surface area contributed by atoms with Gasteiger partial charge in [-0.2, -0.15) is 0 Å². The number of carbonyl (C=O) groups excluding carboxylic acids is 1. The molecule has 0 spiro atoms. The van der Waals surface area contributed by atoms with Crippen LogP contribution in [0.1, 0.15) is 36.1 Å². The predicted molar refractivity (Wildman–Crippen MR) is 74.8 cm³/mol. The molecule has 1 aromatic carbocycles. The van der Waals surface area contributed by atoms with Crippen LogP contribution in [0.4, 0.5) is 4.39 Å². The molecule has 0 saturated carbocycles. The maximum atomic E-state index is 12.8. The molecule has 0 bridgehead atoms. The molecule has 3 nitrogen and oxygen atoms in total. The largest absolute Gasteiger partial charge is 0.494 e. The van der Waals surface area contributed by atoms with Gasteiger partial charge in [-0.05, 0) is 12.1 Å². The van der Waals surface area contributed by atoms with Crippen LogP contribution in [0.2, 0.25) is 0 Å². The predicted octanol–water partition coefficient (Wildman–Crippen LogP) is 4.00. The minimum atomic E-state index is -0.633. The first-order valence-electron chi connectivity index (χ1n) is 5.95. The fourth-order valence-corrected chi connectivity index (χ4v) is 2.77. The van der Waals surface area contributed by atoms with Crippen molar-refractivity contribution in [1.82, 2.24) is 4.98 Å². The summed E-state index contributed by atoms with van der Waals surface area (Å²) < 4.78 is 18.7. The number of alkyl halides is 1. The summed E-state index contributed by atoms with van der Waals surface area (Å²) in [6.07, 6.45) is 0. The van der Waals surface area contributed by atoms with Gasteiger partial charge in [0.1, 0.15) is 22.9 Å². The average molecular weight is 281 g/mol. The Labute approximate surface area is 115 Å². The Balaban J connectivity index is 2.70. The molecule has 0 saturated heterocycles. The summed E-state index contributed by atoms with van der Waals surface area (Å²) in [5.41, 5.74) is 0.664. The zero-order chi connectivity index (χ0) is 14.2. The topological polar surface area (TPSA) is 39.2 Å². The van der Waals surface area contributed by atoms with E-state index in [1.54, 1.807) is 12.1 Å². The van der Waals surface area contributed by atoms with Crippen molar-refractivity contribution in [1.29, 1.82) is 0 Å². The molecule has 0 aliphatic rings. The smallest absolute Gasteiger partial charge is 0.169 e. The summed E-state index contributed by atoms with van der Waals surface area (Å²) in [6, 6.07) is 3.44. The van der Waals surface area contributed by atoms with Crippen molar-refractivity contribution in [2.75, 3.05) is 7.11 Å². The molecule has 5 heteroatoms. The maximum Gasteiger partial charge on any atom is 0.169 e. The van der Waals surface area contributed by atoms with E-state index in [2.05, 4.69) is 4.98 Å². The van der Waals surface area contributed by atoms with Crippen molar-refractivity contribution in [3.8, 4) is 5.75 Å². The van der Waals surface area contributed by atoms with Gasteiger partial charge in [0.05, 0.1) is 11.8 Å². The molecule has 0 N–H and O–H groups in total. The Kier molecular flexibility index (Phi) is 3.58. The summed E-state index contributed by atoms with van der Waals surface area (Å²) in [5, 5.41) is 0.363. The highest BCUT2D eigenvalue weighted by molar-refractivity contribution is 7.19. The SMILES string of the molecule is COc1ccc(C(=O)C(C)(C)C)c2sc(CF)nc12. The Bertz CT molecular complexity index is 628. The number of fused-ring (bicyclic) bond motifs is 1. The number of nitrogens with zero attached hydrogens (tertiary/aromatic N) is 1. The van der Waals surface area contributed by atoms with Gasteiger partial charge in [-0.3, -0.25) is 4.79 Å². The van der Waals surface area contributed by atoms with Gasteiger partial charge < -0.3 is 4.74 Å². The van der Waals surface area contributed by atoms with Crippen LogP contribution in [-0.2, 0) is 6.67 Å². The van der Waals surface area contributed by atoms with Crippen LogP contribution < -0.4 is 4.74 Å². The standard InChI is InChI=1S/C14H16FNO2S/c1-14(2,3)13(17)8-5-6-9(18-4)11-12(8)19-10(7-15)16-11/h5-6H,7H2,1-4H3. The zero-order valence-electron chi connectivity index (χ0n) is 11.4. The van der Waals surface area contributed by atoms with E-state index in [1.165, 1.54) is 18.4 Å². The van der Waals surface area contributed by atoms with Crippen LogP contribution in [0.25, 0.3) is 10.2 Å². The Morgan fingerprint density at radius 1 is 1.42 bits per heavy atom. The summed E-state index contributed by atoms with van der Waals surface area (Å²) in [4.78, 5) is 16.6. The normalized spacial score (nSPS) is 11.8. The molecule has 19 heavy (non-hydrogen) atoms. The lowest BCUT2D eigenvalue weighted by atomic mass is 9.86. The van der Waals surface area contributed by atoms with Crippen molar-refractivity contribution in [3.63, 3.8) is 0 Å². The lowest BCUT2D eigenvalue weighted by Gasteiger charge is -2.17. The van der Waals surface area contributed by atoms with Crippen LogP contribution in [0.5, 0.6) is 5.75 Å². The van der Waals surface area contributed by atoms with Crippen LogP contribution in [0.3, 0.4) is 0 Å². The number of methoxy groups -OCH3 is 1. The number of benzene rings is 1. The summed E-state index contributed by atoms with van der Waals surface area (Å²) in [6.45, 7) is 4.96. The first-order chi connectivity index (χ1) is 8.88. The third-order valence-electron chi connectivity index (χ3n) is 2.81. The quantitative estimate of drug-likeness (QED) is 0.798. The summed E-state index contributed by atoms with van der Waals surface area (Å²) in [7, 11) is 1.54. The van der Waals surface area contributed by atoms with Gasteiger partial charge >= 0.3 is 0 Å². The molecule has 0 aliphatic heterocycles. The number of carbonyl (C=O) groups is 1. The van der Waals surface area contributed by atoms with E-state index in [0.717, 1.165) is 0 Å². The second kappa shape index (κ2) is 4.89. The number of aromatic nitrogens is 1. The summed E-state index contributed by atoms with van der Waals surface area (Å²) >= 11 is 1.21. The molecule has 0 atom stereocenters. The third-order valence-corrected chi connectivity index (χ3v) is 3.86. The molecular weight excluding hydrogens is 265 g/mol. The van der Waals surface area contributed by atoms with Crippen LogP contribution in [0.15, 0.2) is 12.1 Å². The van der Waals surface area contributed by atoms with Gasteiger partial charge in [-0.1, -0.05) is 20.8 Å². The second-order valence-corrected chi connectivity index (χ2v) is 6.40. The van der Waals surface area contributed by atoms with Gasteiger partial charge in [-0.25, -0.2) is 9.37 Å². The fourth-order valence-electron chi connectivity index (χ4n) is 1.83. The number of hydrogen-bond acceptors (Lipinski definition) is 4. The number of hydrogen-bond donors (Lipinski definition) is 0. The van der Waals surface area contributed by atoms with E-state index in [-0.39, 0.29) is 5.78 Å². The molecule has 1 heterocycles. The van der Waals surface area contributed by atoms with Crippen LogP contribution in [-0.4, -0.2) is 17.9 Å². The highest BCUT2D eigenvalue weighted by atomic mass is 32.1. The number of ketones is 1. The monoisotopic (exact) mass is 281 g/mol. The average Bonchev–Trinajstić information content (AvgIpc) is 2.79. The lowest BCUT2D eigenvalue weighted by molar-refractivity contribution is 0.0860. The van der Waals surface area contributed by atoms with Gasteiger partial charge in [0, 0.05) is 11.0 Å². The van der Waals surface area contributed by atoms with Gasteiger partial charge in [0.2, 0.25) is 0 Å². The molecule has 2 aromatic rings. The number of thiazole rings is 1. The van der Waals surface area contributed by atoms with E-state index < -0.39 is 12.1 Å². The molecule has 0 fully saturated rings. The van der Waals surface area contributed by atoms with Crippen LogP contribution >= 0.6 is 11.3 Å². The van der Waals surface area contributed by atoms with E-state index >= 15 is 0 Å². The molecule has 1 aromatic heterocycles. The van der Waals surface area contributed by atoms with Crippen molar-refractivity contribution in [2.24, 2.45) is 5.41 Å². The Morgan fingerprint density at radius 2 is 2.11 bits per heavy atom. The van der Waals surface area contributed by atoms with E-state index in [4.69, 9.17) is 4.74 Å². The molecular formula is C14H16FNO2S. The van der Waals surface area contributed by atoms with Crippen molar-refractivity contribution >= 4 is 27.3 Å². The highest BCUT2D eigenvalue weighted by Crippen LogP contribution is 2.35. The van der Waals surface area contributed by atoms with Gasteiger partial charge in [-0.15, -0.1) is 11.3 Å². The lowest BCUT2D eigenvalue weighted by Crippen LogP contribution is -2.20. The van der Waals surface area contributed by atoms with Gasteiger partial charge in [0.15, 0.2) is 5.78 Å². The first kappa shape index (κ1) is 13.9. The van der Waals surface area contributed by atoms with Crippen LogP contribution in [0, 0.1) is 5.41 Å². The minimum Gasteiger partial charge on any atom is -0.494 e. The first-order valence-corrected chi connectivity index (χ1v) is 6.77. The Hall–Kier alpha value is -1.49. The zero-order valence-corrected chi connectivity index (χ0v) is 12.2. The molecule has 2 rings (SSSR count). The molecule has 102 valence electrons. The van der Waals surface area contributed by atoms with E-state index in [1.807, 2.05) is 20.8 Å². The highest BCUT2D eigenvalue weighted by Gasteiger charge is 2.26. The second-order valence-electron chi connectivity index (χ2n) is 5.31. The fraction of sp³-hybridized carbons (Fsp3) is 0.429. The van der Waals surface area contributed by atoms with Crippen molar-refractivity contribution in [3.05, 3.63) is 22.7 Å². The number of rotatable bonds is 3. The molecule has 0 aliphatic carbocycles. The molecule has 0 unspecified atom stereocenters.